The van der Waals surface area contributed by atoms with Gasteiger partial charge in [-0.25, -0.2) is 4.39 Å². The minimum absolute atomic E-state index is 0.0243. The second-order valence-corrected chi connectivity index (χ2v) is 5.90. The summed E-state index contributed by atoms with van der Waals surface area (Å²) in [7, 11) is 0. The number of ether oxygens (including phenoxy) is 1. The molecule has 1 N–H and O–H groups in total. The standard InChI is InChI=1S/C19H22FNO/c1-14-17(20)8-5-9-18(14)22-19(15-6-3-2-4-7-15)16-10-12-21-13-11-16/h2-9,16,19,21H,10-13H2,1H3. The van der Waals surface area contributed by atoms with Crippen molar-refractivity contribution in [1.29, 1.82) is 0 Å². The Morgan fingerprint density at radius 1 is 1.05 bits per heavy atom. The number of piperidine rings is 1. The highest BCUT2D eigenvalue weighted by molar-refractivity contribution is 5.34. The van der Waals surface area contributed by atoms with Gasteiger partial charge in [-0.1, -0.05) is 36.4 Å². The number of rotatable bonds is 4. The lowest BCUT2D eigenvalue weighted by atomic mass is 9.88. The maximum absolute atomic E-state index is 13.8. The van der Waals surface area contributed by atoms with E-state index in [4.69, 9.17) is 4.74 Å². The van der Waals surface area contributed by atoms with Crippen LogP contribution in [0.4, 0.5) is 4.39 Å². The lowest BCUT2D eigenvalue weighted by Crippen LogP contribution is -2.32. The lowest BCUT2D eigenvalue weighted by molar-refractivity contribution is 0.111. The molecule has 1 aliphatic rings. The molecule has 1 unspecified atom stereocenters. The van der Waals surface area contributed by atoms with Crippen LogP contribution in [0.5, 0.6) is 5.75 Å². The van der Waals surface area contributed by atoms with Crippen LogP contribution in [-0.4, -0.2) is 13.1 Å². The third-order valence-corrected chi connectivity index (χ3v) is 4.41. The smallest absolute Gasteiger partial charge is 0.129 e. The van der Waals surface area contributed by atoms with Crippen LogP contribution in [0.2, 0.25) is 0 Å². The topological polar surface area (TPSA) is 21.3 Å². The summed E-state index contributed by atoms with van der Waals surface area (Å²) in [5, 5.41) is 3.39. The Labute approximate surface area is 131 Å². The fraction of sp³-hybridized carbons (Fsp3) is 0.368. The molecule has 2 aromatic carbocycles. The van der Waals surface area contributed by atoms with E-state index in [0.717, 1.165) is 31.5 Å². The van der Waals surface area contributed by atoms with Crippen molar-refractivity contribution in [3.8, 4) is 5.75 Å². The molecule has 1 heterocycles. The van der Waals surface area contributed by atoms with Crippen molar-refractivity contribution >= 4 is 0 Å². The molecule has 0 aliphatic carbocycles. The third kappa shape index (κ3) is 3.30. The van der Waals surface area contributed by atoms with E-state index < -0.39 is 0 Å². The zero-order valence-electron chi connectivity index (χ0n) is 12.9. The van der Waals surface area contributed by atoms with E-state index in [9.17, 15) is 4.39 Å². The van der Waals surface area contributed by atoms with E-state index in [1.807, 2.05) is 24.3 Å². The normalized spacial score (nSPS) is 17.2. The van der Waals surface area contributed by atoms with Gasteiger partial charge in [0.25, 0.3) is 0 Å². The highest BCUT2D eigenvalue weighted by atomic mass is 19.1. The summed E-state index contributed by atoms with van der Waals surface area (Å²) < 4.78 is 20.1. The van der Waals surface area contributed by atoms with Gasteiger partial charge < -0.3 is 10.1 Å². The van der Waals surface area contributed by atoms with Gasteiger partial charge in [0.05, 0.1) is 0 Å². The predicted molar refractivity (Wildman–Crippen MR) is 86.5 cm³/mol. The van der Waals surface area contributed by atoms with Crippen LogP contribution >= 0.6 is 0 Å². The van der Waals surface area contributed by atoms with Crippen LogP contribution in [0.1, 0.15) is 30.1 Å². The highest BCUT2D eigenvalue weighted by Crippen LogP contribution is 2.35. The number of hydrogen-bond donors (Lipinski definition) is 1. The number of nitrogens with one attached hydrogen (secondary N) is 1. The maximum Gasteiger partial charge on any atom is 0.129 e. The van der Waals surface area contributed by atoms with Gasteiger partial charge in [-0.05, 0) is 50.6 Å². The Hall–Kier alpha value is -1.87. The number of halogens is 1. The van der Waals surface area contributed by atoms with Crippen molar-refractivity contribution in [2.45, 2.75) is 25.9 Å². The zero-order valence-corrected chi connectivity index (χ0v) is 12.9. The van der Waals surface area contributed by atoms with Gasteiger partial charge in [0.1, 0.15) is 17.7 Å². The van der Waals surface area contributed by atoms with Crippen LogP contribution < -0.4 is 10.1 Å². The minimum Gasteiger partial charge on any atom is -0.485 e. The summed E-state index contributed by atoms with van der Waals surface area (Å²) in [6, 6.07) is 15.3. The Morgan fingerprint density at radius 2 is 1.77 bits per heavy atom. The van der Waals surface area contributed by atoms with E-state index in [1.165, 1.54) is 6.07 Å². The molecule has 0 aromatic heterocycles. The number of hydrogen-bond acceptors (Lipinski definition) is 2. The van der Waals surface area contributed by atoms with E-state index in [-0.39, 0.29) is 11.9 Å². The molecule has 0 amide bonds. The minimum atomic E-state index is -0.213. The summed E-state index contributed by atoms with van der Waals surface area (Å²) in [5.74, 6) is 0.883. The first-order valence-corrected chi connectivity index (χ1v) is 7.93. The molecule has 1 aliphatic heterocycles. The molecular formula is C19H22FNO. The van der Waals surface area contributed by atoms with E-state index in [1.54, 1.807) is 13.0 Å². The molecule has 116 valence electrons. The SMILES string of the molecule is Cc1c(F)cccc1OC(c1ccccc1)C1CCNCC1. The van der Waals surface area contributed by atoms with Gasteiger partial charge in [0, 0.05) is 11.5 Å². The summed E-state index contributed by atoms with van der Waals surface area (Å²) in [6.07, 6.45) is 2.13. The van der Waals surface area contributed by atoms with Gasteiger partial charge >= 0.3 is 0 Å². The Kier molecular flexibility index (Phi) is 4.74. The fourth-order valence-electron chi connectivity index (χ4n) is 3.08. The van der Waals surface area contributed by atoms with Crippen molar-refractivity contribution in [2.75, 3.05) is 13.1 Å². The first-order chi connectivity index (χ1) is 10.8. The second-order valence-electron chi connectivity index (χ2n) is 5.90. The molecule has 3 heteroatoms. The van der Waals surface area contributed by atoms with Crippen molar-refractivity contribution < 1.29 is 9.13 Å². The molecule has 1 saturated heterocycles. The average Bonchev–Trinajstić information content (AvgIpc) is 2.58. The van der Waals surface area contributed by atoms with Crippen molar-refractivity contribution in [2.24, 2.45) is 5.92 Å². The van der Waals surface area contributed by atoms with Crippen LogP contribution in [0.15, 0.2) is 48.5 Å². The average molecular weight is 299 g/mol. The molecule has 0 radical (unpaired) electrons. The van der Waals surface area contributed by atoms with Crippen LogP contribution in [0.25, 0.3) is 0 Å². The first-order valence-electron chi connectivity index (χ1n) is 7.93. The Bertz CT molecular complexity index is 608. The van der Waals surface area contributed by atoms with Gasteiger partial charge in [-0.2, -0.15) is 0 Å². The van der Waals surface area contributed by atoms with Crippen LogP contribution in [0.3, 0.4) is 0 Å². The molecule has 1 atom stereocenters. The maximum atomic E-state index is 13.8. The fourth-order valence-corrected chi connectivity index (χ4v) is 3.08. The van der Waals surface area contributed by atoms with Crippen LogP contribution in [-0.2, 0) is 0 Å². The Morgan fingerprint density at radius 3 is 2.50 bits per heavy atom. The molecule has 1 fully saturated rings. The monoisotopic (exact) mass is 299 g/mol. The second kappa shape index (κ2) is 6.93. The molecule has 2 aromatic rings. The van der Waals surface area contributed by atoms with E-state index in [0.29, 0.717) is 17.2 Å². The van der Waals surface area contributed by atoms with Crippen molar-refractivity contribution in [3.05, 3.63) is 65.5 Å². The molecule has 22 heavy (non-hydrogen) atoms. The summed E-state index contributed by atoms with van der Waals surface area (Å²) in [6.45, 7) is 3.80. The van der Waals surface area contributed by atoms with Gasteiger partial charge in [0.2, 0.25) is 0 Å². The van der Waals surface area contributed by atoms with Gasteiger partial charge in [-0.3, -0.25) is 0 Å². The summed E-state index contributed by atoms with van der Waals surface area (Å²) in [4.78, 5) is 0. The number of benzene rings is 2. The molecule has 2 nitrogen and oxygen atoms in total. The molecule has 0 spiro atoms. The zero-order chi connectivity index (χ0) is 15.4. The molecular weight excluding hydrogens is 277 g/mol. The molecule has 0 bridgehead atoms. The quantitative estimate of drug-likeness (QED) is 0.911. The first kappa shape index (κ1) is 15.0. The van der Waals surface area contributed by atoms with E-state index in [2.05, 4.69) is 17.4 Å². The van der Waals surface area contributed by atoms with Crippen molar-refractivity contribution in [3.63, 3.8) is 0 Å². The Balaban J connectivity index is 1.89. The predicted octanol–water partition coefficient (Wildman–Crippen LogP) is 4.25. The third-order valence-electron chi connectivity index (χ3n) is 4.41. The van der Waals surface area contributed by atoms with E-state index >= 15 is 0 Å². The molecule has 3 rings (SSSR count). The molecule has 0 saturated carbocycles. The summed E-state index contributed by atoms with van der Waals surface area (Å²) >= 11 is 0. The van der Waals surface area contributed by atoms with Gasteiger partial charge in [-0.15, -0.1) is 0 Å². The van der Waals surface area contributed by atoms with Crippen molar-refractivity contribution in [1.82, 2.24) is 5.32 Å². The van der Waals surface area contributed by atoms with Gasteiger partial charge in [0.15, 0.2) is 0 Å². The highest BCUT2D eigenvalue weighted by Gasteiger charge is 2.27. The van der Waals surface area contributed by atoms with Crippen LogP contribution in [0, 0.1) is 18.7 Å². The largest absolute Gasteiger partial charge is 0.485 e. The summed E-state index contributed by atoms with van der Waals surface area (Å²) in [5.41, 5.74) is 1.75. The lowest BCUT2D eigenvalue weighted by Gasteiger charge is -2.32.